The first-order valence-corrected chi connectivity index (χ1v) is 6.36. The molecule has 0 saturated heterocycles. The van der Waals surface area contributed by atoms with Crippen LogP contribution in [0.5, 0.6) is 11.5 Å². The molecule has 0 radical (unpaired) electrons. The predicted octanol–water partition coefficient (Wildman–Crippen LogP) is 2.99. The molecule has 1 N–H and O–H groups in total. The molecule has 0 fully saturated rings. The zero-order valence-corrected chi connectivity index (χ0v) is 11.8. The van der Waals surface area contributed by atoms with E-state index in [1.165, 1.54) is 0 Å². The Morgan fingerprint density at radius 1 is 1.33 bits per heavy atom. The van der Waals surface area contributed by atoms with Crippen LogP contribution in [-0.2, 0) is 11.2 Å². The minimum absolute atomic E-state index is 0.0306. The summed E-state index contributed by atoms with van der Waals surface area (Å²) in [5.74, 6) is 0.120. The van der Waals surface area contributed by atoms with Gasteiger partial charge in [0.15, 0.2) is 0 Å². The molecule has 106 valence electrons. The molecule has 0 saturated carbocycles. The highest BCUT2D eigenvalue weighted by Gasteiger charge is 2.10. The van der Waals surface area contributed by atoms with Gasteiger partial charge in [0.05, 0.1) is 12.1 Å². The average Bonchev–Trinajstić information content (AvgIpc) is 2.40. The van der Waals surface area contributed by atoms with Gasteiger partial charge in [-0.3, -0.25) is 9.78 Å². The summed E-state index contributed by atoms with van der Waals surface area (Å²) >= 11 is 0. The Morgan fingerprint density at radius 3 is 2.57 bits per heavy atom. The maximum absolute atomic E-state index is 10.6. The molecular formula is C16H14N2O3. The third-order valence-electron chi connectivity index (χ3n) is 2.91. The number of aliphatic carboxylic acids is 1. The fourth-order valence-corrected chi connectivity index (χ4v) is 1.99. The van der Waals surface area contributed by atoms with E-state index in [9.17, 15) is 10.1 Å². The first-order valence-electron chi connectivity index (χ1n) is 6.36. The predicted molar refractivity (Wildman–Crippen MR) is 76.3 cm³/mol. The third-order valence-corrected chi connectivity index (χ3v) is 2.91. The van der Waals surface area contributed by atoms with Gasteiger partial charge in [0, 0.05) is 11.8 Å². The number of ether oxygens (including phenoxy) is 1. The van der Waals surface area contributed by atoms with E-state index in [2.05, 4.69) is 11.1 Å². The normalized spacial score (nSPS) is 9.95. The van der Waals surface area contributed by atoms with Crippen LogP contribution in [0.1, 0.15) is 22.5 Å². The first-order chi connectivity index (χ1) is 9.99. The molecule has 0 atom stereocenters. The SMILES string of the molecule is Cc1cc(Oc2ccc(CC(=O)O)cc2)c(C#N)c(C)n1. The number of hydrogen-bond donors (Lipinski definition) is 1. The zero-order valence-electron chi connectivity index (χ0n) is 11.8. The summed E-state index contributed by atoms with van der Waals surface area (Å²) in [6.07, 6.45) is -0.0306. The standard InChI is InChI=1S/C16H14N2O3/c1-10-7-15(14(9-17)11(2)18-10)21-13-5-3-12(4-6-13)8-16(19)20/h3-7H,8H2,1-2H3,(H,19,20). The van der Waals surface area contributed by atoms with Crippen LogP contribution in [0.4, 0.5) is 0 Å². The van der Waals surface area contributed by atoms with Gasteiger partial charge in [-0.2, -0.15) is 5.26 Å². The van der Waals surface area contributed by atoms with Crippen LogP contribution in [0, 0.1) is 25.2 Å². The number of carbonyl (C=O) groups is 1. The molecule has 0 aliphatic carbocycles. The Bertz CT molecular complexity index is 716. The van der Waals surface area contributed by atoms with Crippen molar-refractivity contribution in [1.82, 2.24) is 4.98 Å². The number of nitrogens with zero attached hydrogens (tertiary/aromatic N) is 2. The fourth-order valence-electron chi connectivity index (χ4n) is 1.99. The summed E-state index contributed by atoms with van der Waals surface area (Å²) < 4.78 is 5.71. The molecule has 2 aromatic rings. The maximum atomic E-state index is 10.6. The number of benzene rings is 1. The molecule has 2 rings (SSSR count). The maximum Gasteiger partial charge on any atom is 0.307 e. The smallest absolute Gasteiger partial charge is 0.307 e. The van der Waals surface area contributed by atoms with E-state index in [1.807, 2.05) is 6.92 Å². The topological polar surface area (TPSA) is 83.2 Å². The third kappa shape index (κ3) is 3.57. The number of carboxylic acids is 1. The quantitative estimate of drug-likeness (QED) is 0.932. The number of aromatic nitrogens is 1. The van der Waals surface area contributed by atoms with Crippen molar-refractivity contribution in [3.05, 3.63) is 52.8 Å². The van der Waals surface area contributed by atoms with Gasteiger partial charge < -0.3 is 9.84 Å². The lowest BCUT2D eigenvalue weighted by Crippen LogP contribution is -2.00. The summed E-state index contributed by atoms with van der Waals surface area (Å²) in [4.78, 5) is 14.9. The van der Waals surface area contributed by atoms with Crippen molar-refractivity contribution in [3.8, 4) is 17.6 Å². The number of carboxylic acid groups (broad SMARTS) is 1. The minimum atomic E-state index is -0.879. The van der Waals surface area contributed by atoms with Crippen molar-refractivity contribution in [2.75, 3.05) is 0 Å². The van der Waals surface area contributed by atoms with Gasteiger partial charge in [-0.15, -0.1) is 0 Å². The summed E-state index contributed by atoms with van der Waals surface area (Å²) in [5.41, 5.74) is 2.48. The van der Waals surface area contributed by atoms with E-state index >= 15 is 0 Å². The Hall–Kier alpha value is -2.87. The number of nitriles is 1. The highest BCUT2D eigenvalue weighted by atomic mass is 16.5. The van der Waals surface area contributed by atoms with Crippen molar-refractivity contribution in [2.24, 2.45) is 0 Å². The van der Waals surface area contributed by atoms with Crippen molar-refractivity contribution < 1.29 is 14.6 Å². The van der Waals surface area contributed by atoms with Crippen molar-refractivity contribution in [2.45, 2.75) is 20.3 Å². The zero-order chi connectivity index (χ0) is 15.4. The van der Waals surface area contributed by atoms with Crippen molar-refractivity contribution >= 4 is 5.97 Å². The van der Waals surface area contributed by atoms with Gasteiger partial charge >= 0.3 is 5.97 Å². The molecule has 0 aliphatic rings. The Balaban J connectivity index is 2.26. The second-order valence-corrected chi connectivity index (χ2v) is 4.65. The first kappa shape index (κ1) is 14.5. The van der Waals surface area contributed by atoms with E-state index in [0.717, 1.165) is 5.69 Å². The van der Waals surface area contributed by atoms with Crippen LogP contribution in [0.3, 0.4) is 0 Å². The van der Waals surface area contributed by atoms with Crippen LogP contribution in [0.2, 0.25) is 0 Å². The van der Waals surface area contributed by atoms with E-state index < -0.39 is 5.97 Å². The molecule has 0 unspecified atom stereocenters. The van der Waals surface area contributed by atoms with Crippen LogP contribution < -0.4 is 4.74 Å². The summed E-state index contributed by atoms with van der Waals surface area (Å²) in [6, 6.07) is 10.5. The summed E-state index contributed by atoms with van der Waals surface area (Å²) in [6.45, 7) is 3.59. The molecule has 5 heteroatoms. The largest absolute Gasteiger partial charge is 0.481 e. The van der Waals surface area contributed by atoms with Crippen LogP contribution >= 0.6 is 0 Å². The minimum Gasteiger partial charge on any atom is -0.481 e. The average molecular weight is 282 g/mol. The molecule has 0 bridgehead atoms. The molecule has 1 heterocycles. The molecule has 1 aromatic heterocycles. The van der Waals surface area contributed by atoms with Gasteiger partial charge in [0.2, 0.25) is 0 Å². The second kappa shape index (κ2) is 6.06. The summed E-state index contributed by atoms with van der Waals surface area (Å²) in [5, 5.41) is 17.9. The molecule has 0 spiro atoms. The Labute approximate surface area is 122 Å². The molecule has 21 heavy (non-hydrogen) atoms. The highest BCUT2D eigenvalue weighted by Crippen LogP contribution is 2.27. The lowest BCUT2D eigenvalue weighted by Gasteiger charge is -2.10. The monoisotopic (exact) mass is 282 g/mol. The van der Waals surface area contributed by atoms with E-state index in [4.69, 9.17) is 9.84 Å². The van der Waals surface area contributed by atoms with E-state index in [0.29, 0.717) is 28.3 Å². The van der Waals surface area contributed by atoms with Gasteiger partial charge in [-0.25, -0.2) is 0 Å². The fraction of sp³-hybridized carbons (Fsp3) is 0.188. The van der Waals surface area contributed by atoms with Gasteiger partial charge in [0.25, 0.3) is 0 Å². The lowest BCUT2D eigenvalue weighted by molar-refractivity contribution is -0.136. The highest BCUT2D eigenvalue weighted by molar-refractivity contribution is 5.70. The van der Waals surface area contributed by atoms with E-state index in [-0.39, 0.29) is 6.42 Å². The molecular weight excluding hydrogens is 268 g/mol. The number of rotatable bonds is 4. The Kier molecular flexibility index (Phi) is 4.19. The number of hydrogen-bond acceptors (Lipinski definition) is 4. The Morgan fingerprint density at radius 2 is 2.00 bits per heavy atom. The van der Waals surface area contributed by atoms with Crippen molar-refractivity contribution in [1.29, 1.82) is 5.26 Å². The van der Waals surface area contributed by atoms with Crippen LogP contribution in [0.15, 0.2) is 30.3 Å². The van der Waals surface area contributed by atoms with E-state index in [1.54, 1.807) is 37.3 Å². The number of pyridine rings is 1. The van der Waals surface area contributed by atoms with Crippen LogP contribution in [0.25, 0.3) is 0 Å². The molecule has 0 aliphatic heterocycles. The van der Waals surface area contributed by atoms with Gasteiger partial charge in [-0.05, 0) is 31.5 Å². The lowest BCUT2D eigenvalue weighted by atomic mass is 10.1. The molecule has 5 nitrogen and oxygen atoms in total. The number of aryl methyl sites for hydroxylation is 2. The van der Waals surface area contributed by atoms with Gasteiger partial charge in [-0.1, -0.05) is 12.1 Å². The molecule has 0 amide bonds. The van der Waals surface area contributed by atoms with Crippen LogP contribution in [-0.4, -0.2) is 16.1 Å². The summed E-state index contributed by atoms with van der Waals surface area (Å²) in [7, 11) is 0. The second-order valence-electron chi connectivity index (χ2n) is 4.65. The molecule has 1 aromatic carbocycles. The van der Waals surface area contributed by atoms with Crippen molar-refractivity contribution in [3.63, 3.8) is 0 Å². The van der Waals surface area contributed by atoms with Gasteiger partial charge in [0.1, 0.15) is 23.1 Å².